The van der Waals surface area contributed by atoms with Gasteiger partial charge >= 0.3 is 12.0 Å². The van der Waals surface area contributed by atoms with Gasteiger partial charge in [0.15, 0.2) is 0 Å². The van der Waals surface area contributed by atoms with E-state index in [4.69, 9.17) is 9.47 Å². The molecule has 2 aromatic rings. The average Bonchev–Trinajstić information content (AvgIpc) is 2.98. The number of nitrogens with one attached hydrogen (secondary N) is 1. The summed E-state index contributed by atoms with van der Waals surface area (Å²) in [5, 5.41) is 2.74. The Hall–Kier alpha value is -3.35. The van der Waals surface area contributed by atoms with Crippen molar-refractivity contribution in [2.24, 2.45) is 0 Å². The Labute approximate surface area is 169 Å². The summed E-state index contributed by atoms with van der Waals surface area (Å²) in [6.45, 7) is 3.55. The molecule has 1 N–H and O–H groups in total. The van der Waals surface area contributed by atoms with E-state index in [1.165, 1.54) is 0 Å². The van der Waals surface area contributed by atoms with Crippen LogP contribution in [0.2, 0.25) is 0 Å². The fourth-order valence-corrected chi connectivity index (χ4v) is 3.26. The van der Waals surface area contributed by atoms with Crippen molar-refractivity contribution in [1.29, 1.82) is 0 Å². The molecule has 3 rings (SSSR count). The van der Waals surface area contributed by atoms with Gasteiger partial charge in [0.2, 0.25) is 0 Å². The third-order valence-electron chi connectivity index (χ3n) is 4.90. The molecular formula is C22H24N2O5. The highest BCUT2D eigenvalue weighted by molar-refractivity contribution is 6.09. The highest BCUT2D eigenvalue weighted by atomic mass is 16.6. The molecule has 152 valence electrons. The van der Waals surface area contributed by atoms with Crippen LogP contribution < -0.4 is 10.1 Å². The van der Waals surface area contributed by atoms with Crippen molar-refractivity contribution < 1.29 is 23.9 Å². The van der Waals surface area contributed by atoms with Crippen LogP contribution in [0.4, 0.5) is 4.79 Å². The summed E-state index contributed by atoms with van der Waals surface area (Å²) in [5.41, 5.74) is 0.645. The van der Waals surface area contributed by atoms with Gasteiger partial charge < -0.3 is 14.8 Å². The lowest BCUT2D eigenvalue weighted by Crippen LogP contribution is -2.44. The maximum Gasteiger partial charge on any atom is 0.326 e. The molecule has 29 heavy (non-hydrogen) atoms. The Bertz CT molecular complexity index is 882. The van der Waals surface area contributed by atoms with E-state index in [1.807, 2.05) is 44.2 Å². The number of ether oxygens (including phenoxy) is 2. The van der Waals surface area contributed by atoms with E-state index in [1.54, 1.807) is 24.3 Å². The van der Waals surface area contributed by atoms with Crippen molar-refractivity contribution >= 4 is 17.9 Å². The molecular weight excluding hydrogens is 372 g/mol. The lowest BCUT2D eigenvalue weighted by atomic mass is 9.87. The predicted molar refractivity (Wildman–Crippen MR) is 106 cm³/mol. The Morgan fingerprint density at radius 1 is 1.03 bits per heavy atom. The molecule has 0 bridgehead atoms. The molecule has 1 heterocycles. The lowest BCUT2D eigenvalue weighted by molar-refractivity contribution is -0.148. The number of esters is 1. The van der Waals surface area contributed by atoms with E-state index < -0.39 is 30.0 Å². The lowest BCUT2D eigenvalue weighted by Gasteiger charge is -2.25. The highest BCUT2D eigenvalue weighted by Crippen LogP contribution is 2.32. The van der Waals surface area contributed by atoms with Gasteiger partial charge in [0.1, 0.15) is 31.0 Å². The van der Waals surface area contributed by atoms with E-state index >= 15 is 0 Å². The molecule has 0 saturated carbocycles. The molecule has 0 unspecified atom stereocenters. The minimum Gasteiger partial charge on any atom is -0.490 e. The summed E-state index contributed by atoms with van der Waals surface area (Å²) in [6.07, 6.45) is 0.373. The zero-order valence-electron chi connectivity index (χ0n) is 16.5. The number of hydrogen-bond acceptors (Lipinski definition) is 5. The van der Waals surface area contributed by atoms with Crippen LogP contribution >= 0.6 is 0 Å². The second-order valence-corrected chi connectivity index (χ2v) is 6.83. The first-order chi connectivity index (χ1) is 14.0. The van der Waals surface area contributed by atoms with E-state index in [-0.39, 0.29) is 13.2 Å². The molecule has 0 spiro atoms. The maximum absolute atomic E-state index is 13.0. The SMILES string of the molecule is CC[C@@]1(c2ccccc2)NC(=O)N(CC(=O)OCCOc2ccc(C)cc2)C1=O. The van der Waals surface area contributed by atoms with Gasteiger partial charge in [-0.25, -0.2) is 4.79 Å². The first-order valence-corrected chi connectivity index (χ1v) is 9.51. The summed E-state index contributed by atoms with van der Waals surface area (Å²) in [4.78, 5) is 38.4. The molecule has 0 radical (unpaired) electrons. The molecule has 2 aromatic carbocycles. The number of imide groups is 1. The van der Waals surface area contributed by atoms with E-state index in [0.717, 1.165) is 10.5 Å². The molecule has 7 heteroatoms. The largest absolute Gasteiger partial charge is 0.490 e. The van der Waals surface area contributed by atoms with Crippen molar-refractivity contribution in [1.82, 2.24) is 10.2 Å². The quantitative estimate of drug-likeness (QED) is 0.421. The molecule has 1 aliphatic rings. The number of benzene rings is 2. The summed E-state index contributed by atoms with van der Waals surface area (Å²) in [6, 6.07) is 15.9. The average molecular weight is 396 g/mol. The standard InChI is InChI=1S/C22H24N2O5/c1-3-22(17-7-5-4-6-8-17)20(26)24(21(27)23-22)15-19(25)29-14-13-28-18-11-9-16(2)10-12-18/h4-12H,3,13-15H2,1-2H3,(H,23,27)/t22-/m0/s1. The molecule has 0 aliphatic carbocycles. The van der Waals surface area contributed by atoms with E-state index in [0.29, 0.717) is 17.7 Å². The summed E-state index contributed by atoms with van der Waals surface area (Å²) in [5.74, 6) is -0.443. The number of urea groups is 1. The third kappa shape index (κ3) is 4.39. The van der Waals surface area contributed by atoms with Gasteiger partial charge in [-0.2, -0.15) is 0 Å². The van der Waals surface area contributed by atoms with Crippen LogP contribution in [0.3, 0.4) is 0 Å². The van der Waals surface area contributed by atoms with Crippen LogP contribution in [-0.2, 0) is 19.9 Å². The van der Waals surface area contributed by atoms with Crippen molar-refractivity contribution in [3.8, 4) is 5.75 Å². The van der Waals surface area contributed by atoms with Crippen LogP contribution in [0.5, 0.6) is 5.75 Å². The maximum atomic E-state index is 13.0. The van der Waals surface area contributed by atoms with Crippen molar-refractivity contribution in [2.45, 2.75) is 25.8 Å². The normalized spacial score (nSPS) is 18.5. The van der Waals surface area contributed by atoms with Gasteiger partial charge in [-0.1, -0.05) is 55.0 Å². The highest BCUT2D eigenvalue weighted by Gasteiger charge is 2.51. The Kier molecular flexibility index (Phi) is 6.16. The topological polar surface area (TPSA) is 84.9 Å². The second-order valence-electron chi connectivity index (χ2n) is 6.83. The van der Waals surface area contributed by atoms with Crippen LogP contribution in [-0.4, -0.2) is 42.6 Å². The zero-order chi connectivity index (χ0) is 20.9. The number of aryl methyl sites for hydroxylation is 1. The Morgan fingerprint density at radius 2 is 1.72 bits per heavy atom. The molecule has 7 nitrogen and oxygen atoms in total. The monoisotopic (exact) mass is 396 g/mol. The van der Waals surface area contributed by atoms with Crippen LogP contribution in [0.25, 0.3) is 0 Å². The predicted octanol–water partition coefficient (Wildman–Crippen LogP) is 2.77. The number of amides is 3. The summed E-state index contributed by atoms with van der Waals surface area (Å²) < 4.78 is 10.6. The number of carbonyl (C=O) groups excluding carboxylic acids is 3. The van der Waals surface area contributed by atoms with Crippen molar-refractivity contribution in [3.63, 3.8) is 0 Å². The fraction of sp³-hybridized carbons (Fsp3) is 0.318. The van der Waals surface area contributed by atoms with Gasteiger partial charge in [0, 0.05) is 0 Å². The molecule has 3 amide bonds. The van der Waals surface area contributed by atoms with Gasteiger partial charge in [-0.15, -0.1) is 0 Å². The first-order valence-electron chi connectivity index (χ1n) is 9.51. The molecule has 0 aromatic heterocycles. The van der Waals surface area contributed by atoms with Crippen LogP contribution in [0.1, 0.15) is 24.5 Å². The fourth-order valence-electron chi connectivity index (χ4n) is 3.26. The molecule has 1 saturated heterocycles. The van der Waals surface area contributed by atoms with Crippen LogP contribution in [0, 0.1) is 6.92 Å². The number of rotatable bonds is 8. The van der Waals surface area contributed by atoms with Gasteiger partial charge in [-0.3, -0.25) is 14.5 Å². The zero-order valence-corrected chi connectivity index (χ0v) is 16.5. The smallest absolute Gasteiger partial charge is 0.326 e. The molecule has 1 fully saturated rings. The van der Waals surface area contributed by atoms with Gasteiger partial charge in [0.05, 0.1) is 0 Å². The second kappa shape index (κ2) is 8.77. The minimum atomic E-state index is -1.16. The number of carbonyl (C=O) groups is 3. The van der Waals surface area contributed by atoms with Crippen molar-refractivity contribution in [2.75, 3.05) is 19.8 Å². The van der Waals surface area contributed by atoms with Gasteiger partial charge in [0.25, 0.3) is 5.91 Å². The summed E-state index contributed by atoms with van der Waals surface area (Å²) >= 11 is 0. The Morgan fingerprint density at radius 3 is 2.38 bits per heavy atom. The molecule has 1 aliphatic heterocycles. The van der Waals surface area contributed by atoms with Gasteiger partial charge in [-0.05, 0) is 31.0 Å². The van der Waals surface area contributed by atoms with E-state index in [9.17, 15) is 14.4 Å². The third-order valence-corrected chi connectivity index (χ3v) is 4.90. The minimum absolute atomic E-state index is 0.0218. The number of hydrogen-bond donors (Lipinski definition) is 1. The van der Waals surface area contributed by atoms with Crippen LogP contribution in [0.15, 0.2) is 54.6 Å². The summed E-state index contributed by atoms with van der Waals surface area (Å²) in [7, 11) is 0. The Balaban J connectivity index is 1.54. The van der Waals surface area contributed by atoms with E-state index in [2.05, 4.69) is 5.32 Å². The molecule has 1 atom stereocenters. The van der Waals surface area contributed by atoms with Crippen molar-refractivity contribution in [3.05, 3.63) is 65.7 Å². The number of nitrogens with zero attached hydrogens (tertiary/aromatic N) is 1. The first kappa shape index (κ1) is 20.4.